The molecule has 18 heavy (non-hydrogen) atoms. The Morgan fingerprint density at radius 2 is 2.22 bits per heavy atom. The molecular weight excluding hydrogens is 226 g/mol. The summed E-state index contributed by atoms with van der Waals surface area (Å²) >= 11 is 0. The van der Waals surface area contributed by atoms with E-state index in [-0.39, 0.29) is 11.9 Å². The number of amides is 1. The molecule has 4 nitrogen and oxygen atoms in total. The molecule has 1 fully saturated rings. The van der Waals surface area contributed by atoms with Crippen LogP contribution >= 0.6 is 0 Å². The van der Waals surface area contributed by atoms with Crippen LogP contribution in [-0.4, -0.2) is 49.1 Å². The molecular formula is C14H25N3O. The summed E-state index contributed by atoms with van der Waals surface area (Å²) in [6.45, 7) is 7.50. The number of terminal acetylenes is 1. The first kappa shape index (κ1) is 15.0. The highest BCUT2D eigenvalue weighted by molar-refractivity contribution is 5.81. The van der Waals surface area contributed by atoms with Crippen LogP contribution in [0.1, 0.15) is 33.1 Å². The van der Waals surface area contributed by atoms with E-state index in [1.54, 1.807) is 0 Å². The van der Waals surface area contributed by atoms with Crippen LogP contribution in [0.15, 0.2) is 0 Å². The van der Waals surface area contributed by atoms with Crippen LogP contribution in [0, 0.1) is 12.3 Å². The zero-order valence-electron chi connectivity index (χ0n) is 11.5. The Balaban J connectivity index is 2.58. The van der Waals surface area contributed by atoms with Gasteiger partial charge in [-0.2, -0.15) is 0 Å². The molecule has 1 unspecified atom stereocenters. The van der Waals surface area contributed by atoms with Gasteiger partial charge >= 0.3 is 0 Å². The summed E-state index contributed by atoms with van der Waals surface area (Å²) in [4.78, 5) is 14.3. The highest BCUT2D eigenvalue weighted by atomic mass is 16.2. The zero-order chi connectivity index (χ0) is 13.4. The summed E-state index contributed by atoms with van der Waals surface area (Å²) in [5, 5.41) is 6.14. The number of carbonyl (C=O) groups excluding carboxylic acids is 1. The third kappa shape index (κ3) is 4.32. The van der Waals surface area contributed by atoms with Crippen molar-refractivity contribution >= 4 is 5.91 Å². The average molecular weight is 251 g/mol. The van der Waals surface area contributed by atoms with E-state index in [1.165, 1.54) is 0 Å². The average Bonchev–Trinajstić information content (AvgIpc) is 2.42. The Bertz CT molecular complexity index is 292. The smallest absolute Gasteiger partial charge is 0.237 e. The van der Waals surface area contributed by atoms with Gasteiger partial charge in [-0.05, 0) is 45.8 Å². The fourth-order valence-electron chi connectivity index (χ4n) is 2.53. The minimum Gasteiger partial charge on any atom is -0.344 e. The van der Waals surface area contributed by atoms with Gasteiger partial charge in [0.05, 0.1) is 12.6 Å². The van der Waals surface area contributed by atoms with Gasteiger partial charge in [-0.15, -0.1) is 6.42 Å². The predicted octanol–water partition coefficient (Wildman–Crippen LogP) is 0.588. The summed E-state index contributed by atoms with van der Waals surface area (Å²) < 4.78 is 0. The van der Waals surface area contributed by atoms with Gasteiger partial charge in [-0.3, -0.25) is 9.69 Å². The van der Waals surface area contributed by atoms with Crippen LogP contribution < -0.4 is 10.6 Å². The van der Waals surface area contributed by atoms with Crippen molar-refractivity contribution in [2.24, 2.45) is 0 Å². The Morgan fingerprint density at radius 3 is 2.78 bits per heavy atom. The van der Waals surface area contributed by atoms with Crippen LogP contribution in [0.25, 0.3) is 0 Å². The molecule has 4 heteroatoms. The number of carbonyl (C=O) groups is 1. The minimum atomic E-state index is -0.0959. The quantitative estimate of drug-likeness (QED) is 0.679. The second-order valence-corrected chi connectivity index (χ2v) is 4.82. The van der Waals surface area contributed by atoms with Crippen LogP contribution in [0.3, 0.4) is 0 Å². The number of hydrogen-bond donors (Lipinski definition) is 2. The standard InChI is InChI=1S/C14H25N3O/c1-4-8-16-14(18)12(3)17(11-5-2)13-6-9-15-10-7-13/h1,12-13,15H,5-11H2,2-3H3,(H,16,18). The number of hydrogen-bond acceptors (Lipinski definition) is 3. The third-order valence-electron chi connectivity index (χ3n) is 3.50. The van der Waals surface area contributed by atoms with Crippen molar-refractivity contribution in [1.82, 2.24) is 15.5 Å². The molecule has 1 aliphatic heterocycles. The molecule has 1 amide bonds. The largest absolute Gasteiger partial charge is 0.344 e. The molecule has 0 aliphatic carbocycles. The predicted molar refractivity (Wildman–Crippen MR) is 74.2 cm³/mol. The number of piperidine rings is 1. The first-order valence-electron chi connectivity index (χ1n) is 6.88. The van der Waals surface area contributed by atoms with Gasteiger partial charge in [0, 0.05) is 6.04 Å². The van der Waals surface area contributed by atoms with Crippen molar-refractivity contribution in [1.29, 1.82) is 0 Å². The second-order valence-electron chi connectivity index (χ2n) is 4.82. The van der Waals surface area contributed by atoms with Gasteiger partial charge in [0.1, 0.15) is 0 Å². The molecule has 1 rings (SSSR count). The fraction of sp³-hybridized carbons (Fsp3) is 0.786. The normalized spacial score (nSPS) is 18.3. The molecule has 0 aromatic heterocycles. The topological polar surface area (TPSA) is 44.4 Å². The summed E-state index contributed by atoms with van der Waals surface area (Å²) in [5.74, 6) is 2.49. The lowest BCUT2D eigenvalue weighted by atomic mass is 10.0. The van der Waals surface area contributed by atoms with E-state index in [9.17, 15) is 4.79 Å². The maximum atomic E-state index is 12.0. The molecule has 0 radical (unpaired) electrons. The molecule has 1 atom stereocenters. The highest BCUT2D eigenvalue weighted by Gasteiger charge is 2.28. The van der Waals surface area contributed by atoms with Crippen molar-refractivity contribution in [3.8, 4) is 12.3 Å². The lowest BCUT2D eigenvalue weighted by Crippen LogP contribution is -2.52. The Morgan fingerprint density at radius 1 is 1.56 bits per heavy atom. The van der Waals surface area contributed by atoms with Crippen LogP contribution in [0.4, 0.5) is 0 Å². The van der Waals surface area contributed by atoms with Crippen molar-refractivity contribution in [3.05, 3.63) is 0 Å². The van der Waals surface area contributed by atoms with Crippen molar-refractivity contribution in [2.75, 3.05) is 26.2 Å². The molecule has 0 aromatic rings. The number of nitrogens with one attached hydrogen (secondary N) is 2. The Kier molecular flexibility index (Phi) is 6.77. The first-order chi connectivity index (χ1) is 8.70. The number of nitrogens with zero attached hydrogens (tertiary/aromatic N) is 1. The van der Waals surface area contributed by atoms with Crippen molar-refractivity contribution in [2.45, 2.75) is 45.2 Å². The first-order valence-corrected chi connectivity index (χ1v) is 6.88. The monoisotopic (exact) mass is 251 g/mol. The maximum Gasteiger partial charge on any atom is 0.237 e. The second kappa shape index (κ2) is 8.12. The molecule has 1 saturated heterocycles. The van der Waals surface area contributed by atoms with Gasteiger partial charge in [0.15, 0.2) is 0 Å². The maximum absolute atomic E-state index is 12.0. The van der Waals surface area contributed by atoms with Gasteiger partial charge in [-0.25, -0.2) is 0 Å². The van der Waals surface area contributed by atoms with Gasteiger partial charge in [-0.1, -0.05) is 12.8 Å². The summed E-state index contributed by atoms with van der Waals surface area (Å²) in [6.07, 6.45) is 8.47. The minimum absolute atomic E-state index is 0.0416. The van der Waals surface area contributed by atoms with E-state index in [4.69, 9.17) is 6.42 Å². The molecule has 2 N–H and O–H groups in total. The zero-order valence-corrected chi connectivity index (χ0v) is 11.5. The molecule has 0 saturated carbocycles. The van der Waals surface area contributed by atoms with E-state index in [0.29, 0.717) is 12.6 Å². The van der Waals surface area contributed by atoms with E-state index >= 15 is 0 Å². The summed E-state index contributed by atoms with van der Waals surface area (Å²) in [7, 11) is 0. The lowest BCUT2D eigenvalue weighted by molar-refractivity contribution is -0.126. The lowest BCUT2D eigenvalue weighted by Gasteiger charge is -2.37. The van der Waals surface area contributed by atoms with E-state index in [1.807, 2.05) is 6.92 Å². The van der Waals surface area contributed by atoms with Crippen LogP contribution in [0.2, 0.25) is 0 Å². The molecule has 0 bridgehead atoms. The Hall–Kier alpha value is -1.05. The van der Waals surface area contributed by atoms with Crippen LogP contribution in [-0.2, 0) is 4.79 Å². The van der Waals surface area contributed by atoms with E-state index < -0.39 is 0 Å². The molecule has 1 aliphatic rings. The third-order valence-corrected chi connectivity index (χ3v) is 3.50. The molecule has 1 heterocycles. The SMILES string of the molecule is C#CCNC(=O)C(C)N(CCC)C1CCNCC1. The van der Waals surface area contributed by atoms with Crippen molar-refractivity contribution < 1.29 is 4.79 Å². The summed E-state index contributed by atoms with van der Waals surface area (Å²) in [6, 6.07) is 0.416. The summed E-state index contributed by atoms with van der Waals surface area (Å²) in [5.41, 5.74) is 0. The fourth-order valence-corrected chi connectivity index (χ4v) is 2.53. The molecule has 0 spiro atoms. The van der Waals surface area contributed by atoms with E-state index in [0.717, 1.165) is 38.9 Å². The highest BCUT2D eigenvalue weighted by Crippen LogP contribution is 2.15. The van der Waals surface area contributed by atoms with Crippen molar-refractivity contribution in [3.63, 3.8) is 0 Å². The van der Waals surface area contributed by atoms with Gasteiger partial charge in [0.25, 0.3) is 0 Å². The van der Waals surface area contributed by atoms with Gasteiger partial charge in [0.2, 0.25) is 5.91 Å². The van der Waals surface area contributed by atoms with Gasteiger partial charge < -0.3 is 10.6 Å². The van der Waals surface area contributed by atoms with E-state index in [2.05, 4.69) is 28.4 Å². The number of rotatable bonds is 6. The molecule has 0 aromatic carbocycles. The van der Waals surface area contributed by atoms with Crippen LogP contribution in [0.5, 0.6) is 0 Å². The molecule has 102 valence electrons. The Labute approximate surface area is 110 Å².